The number of imide groups is 1. The van der Waals surface area contributed by atoms with Gasteiger partial charge in [0.05, 0.1) is 0 Å². The molecule has 5 nitrogen and oxygen atoms in total. The maximum Gasteiger partial charge on any atom is 0.261 e. The van der Waals surface area contributed by atoms with Crippen LogP contribution in [0, 0.1) is 0 Å². The van der Waals surface area contributed by atoms with Crippen molar-refractivity contribution in [3.63, 3.8) is 0 Å². The third-order valence-electron chi connectivity index (χ3n) is 4.07. The molecule has 1 aliphatic heterocycles. The fourth-order valence-electron chi connectivity index (χ4n) is 2.93. The van der Waals surface area contributed by atoms with Crippen LogP contribution in [0.4, 0.5) is 5.69 Å². The molecule has 0 spiro atoms. The van der Waals surface area contributed by atoms with Gasteiger partial charge >= 0.3 is 0 Å². The Morgan fingerprint density at radius 3 is 2.41 bits per heavy atom. The van der Waals surface area contributed by atoms with Crippen molar-refractivity contribution in [1.29, 1.82) is 0 Å². The number of nitrogen functional groups attached to an aromatic ring is 1. The van der Waals surface area contributed by atoms with E-state index in [1.54, 1.807) is 24.3 Å². The van der Waals surface area contributed by atoms with Gasteiger partial charge in [0.15, 0.2) is 0 Å². The minimum Gasteiger partial charge on any atom is -0.398 e. The number of unbranched alkanes of at least 4 members (excludes halogenated alkanes) is 2. The van der Waals surface area contributed by atoms with Crippen molar-refractivity contribution in [1.82, 2.24) is 4.90 Å². The number of carbonyl (C=O) groups is 2. The summed E-state index contributed by atoms with van der Waals surface area (Å²) >= 11 is 0. The Labute approximate surface area is 128 Å². The zero-order valence-corrected chi connectivity index (χ0v) is 12.2. The topological polar surface area (TPSA) is 83.6 Å². The van der Waals surface area contributed by atoms with Gasteiger partial charge in [-0.05, 0) is 37.5 Å². The molecular formula is C17H18N2O3. The molecule has 0 aromatic heterocycles. The normalized spacial score (nSPS) is 14.0. The first-order valence-corrected chi connectivity index (χ1v) is 7.43. The zero-order chi connectivity index (χ0) is 15.7. The van der Waals surface area contributed by atoms with Crippen molar-refractivity contribution in [3.8, 4) is 0 Å². The number of aliphatic hydroxyl groups is 1. The molecule has 0 radical (unpaired) electrons. The van der Waals surface area contributed by atoms with E-state index in [9.17, 15) is 9.59 Å². The minimum atomic E-state index is -0.266. The molecule has 0 unspecified atom stereocenters. The summed E-state index contributed by atoms with van der Waals surface area (Å²) in [7, 11) is 0. The highest BCUT2D eigenvalue weighted by Crippen LogP contribution is 2.33. The van der Waals surface area contributed by atoms with Gasteiger partial charge in [0.2, 0.25) is 0 Å². The second kappa shape index (κ2) is 5.77. The molecule has 1 heterocycles. The van der Waals surface area contributed by atoms with E-state index in [2.05, 4.69) is 0 Å². The number of hydrogen-bond acceptors (Lipinski definition) is 4. The number of nitrogens with zero attached hydrogens (tertiary/aromatic N) is 1. The van der Waals surface area contributed by atoms with Crippen LogP contribution in [-0.4, -0.2) is 35.0 Å². The molecule has 0 saturated carbocycles. The second-order valence-electron chi connectivity index (χ2n) is 5.48. The van der Waals surface area contributed by atoms with Gasteiger partial charge in [-0.3, -0.25) is 14.5 Å². The summed E-state index contributed by atoms with van der Waals surface area (Å²) in [6, 6.07) is 8.75. The molecule has 5 heteroatoms. The number of rotatable bonds is 5. The number of benzene rings is 2. The van der Waals surface area contributed by atoms with Crippen LogP contribution in [0.3, 0.4) is 0 Å². The summed E-state index contributed by atoms with van der Waals surface area (Å²) in [5.74, 6) is -0.532. The van der Waals surface area contributed by atoms with Crippen molar-refractivity contribution in [2.24, 2.45) is 0 Å². The van der Waals surface area contributed by atoms with Crippen LogP contribution >= 0.6 is 0 Å². The van der Waals surface area contributed by atoms with Crippen molar-refractivity contribution < 1.29 is 14.7 Å². The fraction of sp³-hybridized carbons (Fsp3) is 0.294. The molecule has 2 aromatic carbocycles. The molecule has 0 fully saturated rings. The van der Waals surface area contributed by atoms with E-state index < -0.39 is 0 Å². The summed E-state index contributed by atoms with van der Waals surface area (Å²) in [6.45, 7) is 0.501. The Morgan fingerprint density at radius 2 is 1.68 bits per heavy atom. The van der Waals surface area contributed by atoms with E-state index in [4.69, 9.17) is 10.8 Å². The number of anilines is 1. The predicted molar refractivity (Wildman–Crippen MR) is 84.7 cm³/mol. The molecule has 1 aliphatic rings. The van der Waals surface area contributed by atoms with Gasteiger partial charge < -0.3 is 10.8 Å². The Bertz CT molecular complexity index is 733. The third-order valence-corrected chi connectivity index (χ3v) is 4.07. The molecule has 2 amide bonds. The minimum absolute atomic E-state index is 0.128. The van der Waals surface area contributed by atoms with Gasteiger partial charge in [0.1, 0.15) is 0 Å². The highest BCUT2D eigenvalue weighted by Gasteiger charge is 2.32. The molecule has 2 aromatic rings. The summed E-state index contributed by atoms with van der Waals surface area (Å²) < 4.78 is 0. The number of aliphatic hydroxyl groups excluding tert-OH is 1. The van der Waals surface area contributed by atoms with E-state index in [1.807, 2.05) is 6.07 Å². The summed E-state index contributed by atoms with van der Waals surface area (Å²) in [5.41, 5.74) is 7.58. The Balaban J connectivity index is 2.00. The van der Waals surface area contributed by atoms with Gasteiger partial charge in [-0.15, -0.1) is 0 Å². The monoisotopic (exact) mass is 298 g/mol. The molecule has 22 heavy (non-hydrogen) atoms. The van der Waals surface area contributed by atoms with Crippen LogP contribution in [0.1, 0.15) is 40.0 Å². The van der Waals surface area contributed by atoms with E-state index in [0.29, 0.717) is 41.6 Å². The van der Waals surface area contributed by atoms with E-state index in [-0.39, 0.29) is 18.4 Å². The summed E-state index contributed by atoms with van der Waals surface area (Å²) in [6.07, 6.45) is 2.16. The lowest BCUT2D eigenvalue weighted by molar-refractivity contribution is 0.0607. The van der Waals surface area contributed by atoms with Crippen LogP contribution in [0.2, 0.25) is 0 Å². The highest BCUT2D eigenvalue weighted by atomic mass is 16.3. The fourth-order valence-corrected chi connectivity index (χ4v) is 2.93. The second-order valence-corrected chi connectivity index (χ2v) is 5.48. The molecule has 0 saturated heterocycles. The van der Waals surface area contributed by atoms with Gasteiger partial charge in [0.25, 0.3) is 11.8 Å². The zero-order valence-electron chi connectivity index (χ0n) is 12.2. The molecule has 3 N–H and O–H groups in total. The average molecular weight is 298 g/mol. The molecular weight excluding hydrogens is 280 g/mol. The van der Waals surface area contributed by atoms with E-state index in [1.165, 1.54) is 4.90 Å². The lowest BCUT2D eigenvalue weighted by atomic mass is 9.93. The van der Waals surface area contributed by atoms with Gasteiger partial charge in [0, 0.05) is 40.7 Å². The Hall–Kier alpha value is -2.40. The van der Waals surface area contributed by atoms with Crippen LogP contribution in [-0.2, 0) is 0 Å². The van der Waals surface area contributed by atoms with E-state index >= 15 is 0 Å². The quantitative estimate of drug-likeness (QED) is 0.503. The maximum atomic E-state index is 12.6. The number of carbonyl (C=O) groups excluding carboxylic acids is 2. The molecule has 0 atom stereocenters. The average Bonchev–Trinajstić information content (AvgIpc) is 2.53. The largest absolute Gasteiger partial charge is 0.398 e. The van der Waals surface area contributed by atoms with Crippen LogP contribution < -0.4 is 5.73 Å². The maximum absolute atomic E-state index is 12.6. The Kier molecular flexibility index (Phi) is 3.81. The smallest absolute Gasteiger partial charge is 0.261 e. The third kappa shape index (κ3) is 2.23. The predicted octanol–water partition coefficient (Wildman–Crippen LogP) is 2.18. The number of amides is 2. The highest BCUT2D eigenvalue weighted by molar-refractivity contribution is 6.26. The number of nitrogens with two attached hydrogens (primary N) is 1. The lowest BCUT2D eigenvalue weighted by Gasteiger charge is -2.27. The summed E-state index contributed by atoms with van der Waals surface area (Å²) in [4.78, 5) is 26.5. The van der Waals surface area contributed by atoms with Gasteiger partial charge in [-0.1, -0.05) is 12.1 Å². The molecule has 114 valence electrons. The van der Waals surface area contributed by atoms with Crippen LogP contribution in [0.5, 0.6) is 0 Å². The first-order valence-electron chi connectivity index (χ1n) is 7.43. The molecule has 0 bridgehead atoms. The Morgan fingerprint density at radius 1 is 0.955 bits per heavy atom. The lowest BCUT2D eigenvalue weighted by Crippen LogP contribution is -2.40. The first kappa shape index (κ1) is 14.5. The van der Waals surface area contributed by atoms with Gasteiger partial charge in [-0.25, -0.2) is 0 Å². The van der Waals surface area contributed by atoms with Crippen molar-refractivity contribution in [3.05, 3.63) is 41.5 Å². The van der Waals surface area contributed by atoms with Crippen molar-refractivity contribution in [2.45, 2.75) is 19.3 Å². The molecule has 3 rings (SSSR count). The SMILES string of the molecule is Nc1ccc2c3c(cccc13)C(=O)N(CCCCCO)C2=O. The number of hydrogen-bond donors (Lipinski definition) is 2. The van der Waals surface area contributed by atoms with Gasteiger partial charge in [-0.2, -0.15) is 0 Å². The van der Waals surface area contributed by atoms with Crippen LogP contribution in [0.15, 0.2) is 30.3 Å². The van der Waals surface area contributed by atoms with Crippen molar-refractivity contribution in [2.75, 3.05) is 18.9 Å². The standard InChI is InChI=1S/C17H18N2O3/c18-14-8-7-13-15-11(14)5-4-6-12(15)16(21)19(17(13)22)9-2-1-3-10-20/h4-8,20H,1-3,9-10,18H2. The first-order chi connectivity index (χ1) is 10.6. The van der Waals surface area contributed by atoms with Crippen LogP contribution in [0.25, 0.3) is 10.8 Å². The molecule has 0 aliphatic carbocycles. The van der Waals surface area contributed by atoms with E-state index in [0.717, 1.165) is 11.8 Å². The summed E-state index contributed by atoms with van der Waals surface area (Å²) in [5, 5.41) is 10.2. The van der Waals surface area contributed by atoms with Crippen molar-refractivity contribution >= 4 is 28.3 Å².